The number of carbonyl (C=O) groups excluding carboxylic acids is 1. The third kappa shape index (κ3) is 4.61. The Morgan fingerprint density at radius 2 is 1.97 bits per heavy atom. The molecule has 1 fully saturated rings. The quantitative estimate of drug-likeness (QED) is 0.447. The average Bonchev–Trinajstić information content (AvgIpc) is 3.19. The van der Waals surface area contributed by atoms with E-state index in [4.69, 9.17) is 25.8 Å². The van der Waals surface area contributed by atoms with Gasteiger partial charge in [0.15, 0.2) is 0 Å². The molecule has 0 saturated carbocycles. The lowest BCUT2D eigenvalue weighted by atomic mass is 10.0. The summed E-state index contributed by atoms with van der Waals surface area (Å²) in [5, 5.41) is 1.39. The predicted molar refractivity (Wildman–Crippen MR) is 117 cm³/mol. The zero-order valence-electron chi connectivity index (χ0n) is 16.9. The molecule has 7 heteroatoms. The molecule has 158 valence electrons. The number of carbonyl (C=O) groups is 1. The van der Waals surface area contributed by atoms with E-state index in [1.807, 2.05) is 36.4 Å². The van der Waals surface area contributed by atoms with Crippen LogP contribution in [0.1, 0.15) is 16.8 Å². The molecule has 0 amide bonds. The summed E-state index contributed by atoms with van der Waals surface area (Å²) in [4.78, 5) is 17.5. The molecular weight excluding hydrogens is 404 g/mol. The van der Waals surface area contributed by atoms with Crippen LogP contribution in [0.3, 0.4) is 0 Å². The minimum absolute atomic E-state index is 0.379. The first-order valence-corrected chi connectivity index (χ1v) is 10.5. The number of aromatic nitrogens is 1. The van der Waals surface area contributed by atoms with Gasteiger partial charge in [-0.1, -0.05) is 23.7 Å². The van der Waals surface area contributed by atoms with Crippen molar-refractivity contribution in [3.05, 3.63) is 53.2 Å². The van der Waals surface area contributed by atoms with Crippen LogP contribution in [0.2, 0.25) is 5.02 Å². The van der Waals surface area contributed by atoms with Gasteiger partial charge in [-0.05, 0) is 36.2 Å². The highest BCUT2D eigenvalue weighted by Crippen LogP contribution is 2.34. The molecule has 0 spiro atoms. The Kier molecular flexibility index (Phi) is 6.57. The number of methoxy groups -OCH3 is 1. The molecule has 0 bridgehead atoms. The van der Waals surface area contributed by atoms with Crippen LogP contribution < -0.4 is 4.74 Å². The first kappa shape index (κ1) is 20.7. The molecule has 2 heterocycles. The molecule has 1 aliphatic rings. The lowest BCUT2D eigenvalue weighted by Crippen LogP contribution is -2.37. The first-order chi connectivity index (χ1) is 14.7. The summed E-state index contributed by atoms with van der Waals surface area (Å²) in [6.07, 6.45) is 2.62. The Morgan fingerprint density at radius 3 is 2.70 bits per heavy atom. The summed E-state index contributed by atoms with van der Waals surface area (Å²) in [5.74, 6) is 0.449. The second-order valence-electron chi connectivity index (χ2n) is 7.25. The number of hydrogen-bond acceptors (Lipinski definition) is 5. The van der Waals surface area contributed by atoms with E-state index in [0.29, 0.717) is 17.2 Å². The average molecular weight is 429 g/mol. The molecule has 30 heavy (non-hydrogen) atoms. The summed E-state index contributed by atoms with van der Waals surface area (Å²) in [6.45, 7) is 5.34. The van der Waals surface area contributed by atoms with Crippen LogP contribution in [-0.4, -0.2) is 62.4 Å². The van der Waals surface area contributed by atoms with Crippen LogP contribution in [0.4, 0.5) is 0 Å². The number of fused-ring (bicyclic) bond motifs is 1. The van der Waals surface area contributed by atoms with Crippen molar-refractivity contribution < 1.29 is 19.0 Å². The number of esters is 1. The normalized spacial score (nSPS) is 14.7. The van der Waals surface area contributed by atoms with Crippen LogP contribution in [-0.2, 0) is 9.47 Å². The number of rotatable bonds is 7. The topological polar surface area (TPSA) is 63.8 Å². The molecule has 0 atom stereocenters. The van der Waals surface area contributed by atoms with Crippen molar-refractivity contribution in [1.82, 2.24) is 9.88 Å². The van der Waals surface area contributed by atoms with Crippen LogP contribution >= 0.6 is 11.6 Å². The fraction of sp³-hybridized carbons (Fsp3) is 0.348. The molecule has 1 N–H and O–H groups in total. The lowest BCUT2D eigenvalue weighted by Gasteiger charge is -2.26. The number of nitrogens with zero attached hydrogens (tertiary/aromatic N) is 1. The second kappa shape index (κ2) is 9.51. The Hall–Kier alpha value is -2.54. The summed E-state index contributed by atoms with van der Waals surface area (Å²) in [7, 11) is 1.37. The fourth-order valence-corrected chi connectivity index (χ4v) is 3.95. The van der Waals surface area contributed by atoms with Crippen molar-refractivity contribution in [2.45, 2.75) is 6.42 Å². The molecule has 1 aliphatic heterocycles. The molecule has 0 unspecified atom stereocenters. The molecular formula is C23H25ClN2O4. The fourth-order valence-electron chi connectivity index (χ4n) is 3.68. The van der Waals surface area contributed by atoms with Gasteiger partial charge in [0.2, 0.25) is 0 Å². The third-order valence-corrected chi connectivity index (χ3v) is 5.64. The van der Waals surface area contributed by atoms with Gasteiger partial charge in [0.25, 0.3) is 0 Å². The number of hydrogen-bond donors (Lipinski definition) is 1. The molecule has 1 aromatic heterocycles. The van der Waals surface area contributed by atoms with Crippen molar-refractivity contribution >= 4 is 28.5 Å². The second-order valence-corrected chi connectivity index (χ2v) is 7.66. The van der Waals surface area contributed by atoms with Crippen LogP contribution in [0, 0.1) is 0 Å². The number of nitrogens with one attached hydrogen (secondary N) is 1. The van der Waals surface area contributed by atoms with Gasteiger partial charge in [0.1, 0.15) is 5.75 Å². The maximum absolute atomic E-state index is 12.0. The van der Waals surface area contributed by atoms with Gasteiger partial charge < -0.3 is 19.2 Å². The van der Waals surface area contributed by atoms with E-state index in [2.05, 4.69) is 9.88 Å². The van der Waals surface area contributed by atoms with Crippen LogP contribution in [0.15, 0.2) is 42.6 Å². The molecule has 1 saturated heterocycles. The minimum atomic E-state index is -0.379. The molecule has 4 rings (SSSR count). The smallest absolute Gasteiger partial charge is 0.340 e. The monoisotopic (exact) mass is 428 g/mol. The molecule has 6 nitrogen and oxygen atoms in total. The maximum Gasteiger partial charge on any atom is 0.340 e. The van der Waals surface area contributed by atoms with Gasteiger partial charge in [-0.25, -0.2) is 4.79 Å². The van der Waals surface area contributed by atoms with Crippen LogP contribution in [0.25, 0.3) is 22.0 Å². The Labute approximate surface area is 180 Å². The van der Waals surface area contributed by atoms with E-state index in [-0.39, 0.29) is 5.97 Å². The van der Waals surface area contributed by atoms with Crippen molar-refractivity contribution in [3.63, 3.8) is 0 Å². The van der Waals surface area contributed by atoms with E-state index >= 15 is 0 Å². The van der Waals surface area contributed by atoms with Gasteiger partial charge in [-0.2, -0.15) is 0 Å². The van der Waals surface area contributed by atoms with E-state index in [1.54, 1.807) is 6.20 Å². The van der Waals surface area contributed by atoms with Crippen molar-refractivity contribution in [1.29, 1.82) is 0 Å². The summed E-state index contributed by atoms with van der Waals surface area (Å²) < 4.78 is 16.1. The van der Waals surface area contributed by atoms with E-state index in [0.717, 1.165) is 67.0 Å². The van der Waals surface area contributed by atoms with Gasteiger partial charge in [-0.3, -0.25) is 4.90 Å². The van der Waals surface area contributed by atoms with E-state index in [1.165, 1.54) is 7.11 Å². The van der Waals surface area contributed by atoms with Crippen molar-refractivity contribution in [2.75, 3.05) is 46.6 Å². The molecule has 3 aromatic rings. The highest BCUT2D eigenvalue weighted by atomic mass is 35.5. The lowest BCUT2D eigenvalue weighted by molar-refractivity contribution is 0.0358. The number of halogens is 1. The van der Waals surface area contributed by atoms with E-state index in [9.17, 15) is 4.79 Å². The molecule has 0 radical (unpaired) electrons. The number of morpholine rings is 1. The molecule has 0 aliphatic carbocycles. The number of aromatic amines is 1. The van der Waals surface area contributed by atoms with Crippen LogP contribution in [0.5, 0.6) is 5.75 Å². The zero-order valence-corrected chi connectivity index (χ0v) is 17.7. The Morgan fingerprint density at radius 1 is 1.20 bits per heavy atom. The molecule has 2 aromatic carbocycles. The van der Waals surface area contributed by atoms with Gasteiger partial charge in [-0.15, -0.1) is 0 Å². The first-order valence-electron chi connectivity index (χ1n) is 10.1. The predicted octanol–water partition coefficient (Wildman–Crippen LogP) is 4.38. The standard InChI is InChI=1S/C23H25ClN2O4/c1-28-23(27)20-15-25-22-14-21(24)18(13-19(20)22)16-3-5-17(6-4-16)30-10-2-7-26-8-11-29-12-9-26/h3-6,13-15,25H,2,7-12H2,1H3. The number of H-pyrrole nitrogens is 1. The highest BCUT2D eigenvalue weighted by molar-refractivity contribution is 6.34. The summed E-state index contributed by atoms with van der Waals surface area (Å²) in [5.41, 5.74) is 3.10. The van der Waals surface area contributed by atoms with Gasteiger partial charge in [0, 0.05) is 42.3 Å². The zero-order chi connectivity index (χ0) is 20.9. The minimum Gasteiger partial charge on any atom is -0.494 e. The Bertz CT molecular complexity index is 1010. The van der Waals surface area contributed by atoms with Crippen molar-refractivity contribution in [2.24, 2.45) is 0 Å². The van der Waals surface area contributed by atoms with Crippen molar-refractivity contribution in [3.8, 4) is 16.9 Å². The SMILES string of the molecule is COC(=O)c1c[nH]c2cc(Cl)c(-c3ccc(OCCCN4CCOCC4)cc3)cc12. The third-order valence-electron chi connectivity index (χ3n) is 5.33. The van der Waals surface area contributed by atoms with E-state index < -0.39 is 0 Å². The maximum atomic E-state index is 12.0. The van der Waals surface area contributed by atoms with Gasteiger partial charge in [0.05, 0.1) is 37.5 Å². The number of ether oxygens (including phenoxy) is 3. The summed E-state index contributed by atoms with van der Waals surface area (Å²) >= 11 is 6.50. The number of benzene rings is 2. The summed E-state index contributed by atoms with van der Waals surface area (Å²) in [6, 6.07) is 11.6. The highest BCUT2D eigenvalue weighted by Gasteiger charge is 2.15. The largest absolute Gasteiger partial charge is 0.494 e. The van der Waals surface area contributed by atoms with Gasteiger partial charge >= 0.3 is 5.97 Å². The Balaban J connectivity index is 1.42.